The predicted octanol–water partition coefficient (Wildman–Crippen LogP) is 4.92. The second-order valence-corrected chi connectivity index (χ2v) is 10.7. The minimum Gasteiger partial charge on any atom is -0.384 e. The lowest BCUT2D eigenvalue weighted by molar-refractivity contribution is -0.154. The largest absolute Gasteiger partial charge is 0.384 e. The summed E-state index contributed by atoms with van der Waals surface area (Å²) in [6.45, 7) is 12.1. The van der Waals surface area contributed by atoms with Gasteiger partial charge >= 0.3 is 0 Å². The van der Waals surface area contributed by atoms with E-state index in [4.69, 9.17) is 16.3 Å². The van der Waals surface area contributed by atoms with Crippen molar-refractivity contribution in [3.05, 3.63) is 45.9 Å². The fraction of sp³-hybridized carbons (Fsp3) is 0.583. The highest BCUT2D eigenvalue weighted by Gasteiger charge is 2.50. The van der Waals surface area contributed by atoms with Gasteiger partial charge in [0.1, 0.15) is 6.04 Å². The molecule has 3 rings (SSSR count). The summed E-state index contributed by atoms with van der Waals surface area (Å²) in [4.78, 5) is 19.9. The average Bonchev–Trinajstić information content (AvgIpc) is 3.19. The lowest BCUT2D eigenvalue weighted by atomic mass is 9.66. The van der Waals surface area contributed by atoms with Crippen molar-refractivity contribution in [1.29, 1.82) is 0 Å². The summed E-state index contributed by atoms with van der Waals surface area (Å²) in [6.07, 6.45) is 0.466. The molecule has 1 aliphatic rings. The second kappa shape index (κ2) is 10.1. The summed E-state index contributed by atoms with van der Waals surface area (Å²) >= 11 is 7.52. The van der Waals surface area contributed by atoms with Crippen LogP contribution in [-0.2, 0) is 21.7 Å². The molecule has 1 aromatic carbocycles. The van der Waals surface area contributed by atoms with E-state index in [1.54, 1.807) is 12.1 Å². The zero-order valence-corrected chi connectivity index (χ0v) is 21.1. The Balaban J connectivity index is 1.73. The van der Waals surface area contributed by atoms with E-state index in [0.717, 1.165) is 16.4 Å². The number of thiazole rings is 1. The number of amides is 1. The number of aliphatic hydroxyl groups is 1. The van der Waals surface area contributed by atoms with Gasteiger partial charge in [-0.1, -0.05) is 51.4 Å². The highest BCUT2D eigenvalue weighted by molar-refractivity contribution is 7.13. The van der Waals surface area contributed by atoms with Crippen molar-refractivity contribution in [3.8, 4) is 0 Å². The normalized spacial score (nSPS) is 21.6. The van der Waals surface area contributed by atoms with E-state index in [1.165, 1.54) is 11.3 Å². The van der Waals surface area contributed by atoms with E-state index >= 15 is 0 Å². The molecule has 0 spiro atoms. The highest BCUT2D eigenvalue weighted by atomic mass is 35.5. The summed E-state index contributed by atoms with van der Waals surface area (Å²) < 4.78 is 5.42. The van der Waals surface area contributed by atoms with Gasteiger partial charge in [0.2, 0.25) is 5.91 Å². The first kappa shape index (κ1) is 25.0. The van der Waals surface area contributed by atoms with Gasteiger partial charge in [-0.3, -0.25) is 4.79 Å². The maximum Gasteiger partial charge on any atom is 0.245 e. The van der Waals surface area contributed by atoms with Crippen molar-refractivity contribution in [1.82, 2.24) is 9.88 Å². The van der Waals surface area contributed by atoms with E-state index in [1.807, 2.05) is 57.0 Å². The summed E-state index contributed by atoms with van der Waals surface area (Å²) in [6, 6.07) is 6.97. The monoisotopic (exact) mass is 479 g/mol. The van der Waals surface area contributed by atoms with Gasteiger partial charge in [0, 0.05) is 35.5 Å². The molecule has 6 nitrogen and oxygen atoms in total. The number of rotatable bonds is 8. The summed E-state index contributed by atoms with van der Waals surface area (Å²) in [5.41, 5.74) is 0.143. The van der Waals surface area contributed by atoms with Crippen molar-refractivity contribution in [2.24, 2.45) is 11.3 Å². The minimum absolute atomic E-state index is 0.0350. The number of hydrogen-bond donors (Lipinski definition) is 2. The number of aromatic nitrogens is 1. The van der Waals surface area contributed by atoms with E-state index in [-0.39, 0.29) is 11.8 Å². The number of halogens is 1. The quantitative estimate of drug-likeness (QED) is 0.562. The molecule has 0 radical (unpaired) electrons. The third kappa shape index (κ3) is 5.28. The molecule has 2 N–H and O–H groups in total. The molecule has 8 heteroatoms. The van der Waals surface area contributed by atoms with Gasteiger partial charge in [-0.2, -0.15) is 0 Å². The van der Waals surface area contributed by atoms with E-state index in [9.17, 15) is 9.90 Å². The molecule has 1 aliphatic heterocycles. The van der Waals surface area contributed by atoms with E-state index in [0.29, 0.717) is 37.7 Å². The van der Waals surface area contributed by atoms with Crippen molar-refractivity contribution in [2.75, 3.05) is 25.0 Å². The number of nitrogens with one attached hydrogen (secondary N) is 1. The van der Waals surface area contributed by atoms with Gasteiger partial charge in [-0.15, -0.1) is 11.3 Å². The number of hydrogen-bond acceptors (Lipinski definition) is 6. The fourth-order valence-corrected chi connectivity index (χ4v) is 5.12. The maximum atomic E-state index is 13.5. The Morgan fingerprint density at radius 1 is 1.34 bits per heavy atom. The van der Waals surface area contributed by atoms with Gasteiger partial charge in [0.05, 0.1) is 17.9 Å². The number of anilines is 1. The molecule has 2 aromatic rings. The van der Waals surface area contributed by atoms with Gasteiger partial charge in [0.15, 0.2) is 5.13 Å². The van der Waals surface area contributed by atoms with Crippen molar-refractivity contribution < 1.29 is 14.6 Å². The lowest BCUT2D eigenvalue weighted by Gasteiger charge is -2.51. The molecule has 32 heavy (non-hydrogen) atoms. The Morgan fingerprint density at radius 3 is 2.62 bits per heavy atom. The third-order valence-electron chi connectivity index (χ3n) is 6.30. The standard InChI is InChI=1S/C24H34ClN3O3S/c1-6-31-13-19-14-32-22(26-19)27-20(16(2)3)21(29)28-12-11-24(30,23(4,5)15-28)17-7-9-18(25)10-8-17/h7-10,14,16,20,30H,6,11-13,15H2,1-5H3,(H,26,27). The number of nitrogens with zero attached hydrogens (tertiary/aromatic N) is 2. The maximum absolute atomic E-state index is 13.5. The average molecular weight is 480 g/mol. The van der Waals surface area contributed by atoms with Crippen LogP contribution in [0.1, 0.15) is 52.3 Å². The third-order valence-corrected chi connectivity index (χ3v) is 7.37. The van der Waals surface area contributed by atoms with Crippen LogP contribution in [0, 0.1) is 11.3 Å². The molecule has 0 bridgehead atoms. The zero-order valence-electron chi connectivity index (χ0n) is 19.5. The number of carbonyl (C=O) groups excluding carboxylic acids is 1. The van der Waals surface area contributed by atoms with E-state index < -0.39 is 17.1 Å². The van der Waals surface area contributed by atoms with Crippen LogP contribution in [0.2, 0.25) is 5.02 Å². The zero-order chi connectivity index (χ0) is 23.5. The molecule has 2 atom stereocenters. The molecular weight excluding hydrogens is 446 g/mol. The van der Waals surface area contributed by atoms with Crippen molar-refractivity contribution >= 4 is 34.0 Å². The highest BCUT2D eigenvalue weighted by Crippen LogP contribution is 2.46. The van der Waals surface area contributed by atoms with Crippen LogP contribution in [0.5, 0.6) is 0 Å². The van der Waals surface area contributed by atoms with Gasteiger partial charge in [-0.05, 0) is 37.0 Å². The number of carbonyl (C=O) groups is 1. The number of benzene rings is 1. The lowest BCUT2D eigenvalue weighted by Crippen LogP contribution is -2.59. The smallest absolute Gasteiger partial charge is 0.245 e. The number of ether oxygens (including phenoxy) is 1. The molecule has 0 saturated carbocycles. The minimum atomic E-state index is -1.03. The SMILES string of the molecule is CCOCc1csc(NC(C(=O)N2CCC(O)(c3ccc(Cl)cc3)C(C)(C)C2)C(C)C)n1. The van der Waals surface area contributed by atoms with Crippen LogP contribution in [0.25, 0.3) is 0 Å². The topological polar surface area (TPSA) is 74.7 Å². The van der Waals surface area contributed by atoms with Gasteiger partial charge in [-0.25, -0.2) is 4.98 Å². The van der Waals surface area contributed by atoms with Crippen LogP contribution < -0.4 is 5.32 Å². The number of piperidine rings is 1. The van der Waals surface area contributed by atoms with Crippen LogP contribution in [0.3, 0.4) is 0 Å². The summed E-state index contributed by atoms with van der Waals surface area (Å²) in [5, 5.41) is 18.3. The molecule has 1 amide bonds. The first-order valence-corrected chi connectivity index (χ1v) is 12.4. The molecule has 1 fully saturated rings. The Hall–Kier alpha value is -1.67. The first-order valence-electron chi connectivity index (χ1n) is 11.1. The summed E-state index contributed by atoms with van der Waals surface area (Å²) in [5.74, 6) is 0.120. The van der Waals surface area contributed by atoms with Crippen molar-refractivity contribution in [3.63, 3.8) is 0 Å². The Morgan fingerprint density at radius 2 is 2.03 bits per heavy atom. The van der Waals surface area contributed by atoms with Gasteiger partial charge < -0.3 is 20.1 Å². The molecule has 0 aliphatic carbocycles. The first-order chi connectivity index (χ1) is 15.1. The van der Waals surface area contributed by atoms with Gasteiger partial charge in [0.25, 0.3) is 0 Å². The number of likely N-dealkylation sites (tertiary alicyclic amines) is 1. The molecule has 2 unspecified atom stereocenters. The van der Waals surface area contributed by atoms with E-state index in [2.05, 4.69) is 10.3 Å². The predicted molar refractivity (Wildman–Crippen MR) is 130 cm³/mol. The molecule has 176 valence electrons. The van der Waals surface area contributed by atoms with Crippen molar-refractivity contribution in [2.45, 2.75) is 59.3 Å². The Kier molecular flexibility index (Phi) is 7.86. The fourth-order valence-electron chi connectivity index (χ4n) is 4.26. The molecular formula is C24H34ClN3O3S. The Bertz CT molecular complexity index is 915. The second-order valence-electron chi connectivity index (χ2n) is 9.41. The molecule has 1 aromatic heterocycles. The van der Waals surface area contributed by atoms with Crippen LogP contribution >= 0.6 is 22.9 Å². The molecule has 1 saturated heterocycles. The van der Waals surface area contributed by atoms with Crippen LogP contribution in [0.4, 0.5) is 5.13 Å². The Labute approximate surface area is 199 Å². The molecule has 2 heterocycles. The summed E-state index contributed by atoms with van der Waals surface area (Å²) in [7, 11) is 0. The van der Waals surface area contributed by atoms with Crippen LogP contribution in [-0.4, -0.2) is 46.6 Å². The van der Waals surface area contributed by atoms with Crippen LogP contribution in [0.15, 0.2) is 29.6 Å².